The van der Waals surface area contributed by atoms with Crippen LogP contribution in [0.2, 0.25) is 0 Å². The van der Waals surface area contributed by atoms with Crippen molar-refractivity contribution in [2.24, 2.45) is 0 Å². The van der Waals surface area contributed by atoms with Crippen molar-refractivity contribution in [2.75, 3.05) is 44.4 Å². The molecule has 8 heteroatoms. The Morgan fingerprint density at radius 3 is 2.53 bits per heavy atom. The number of hydrogen-bond acceptors (Lipinski definition) is 6. The van der Waals surface area contributed by atoms with E-state index in [1.54, 1.807) is 36.8 Å². The normalized spacial score (nSPS) is 10.9. The van der Waals surface area contributed by atoms with Crippen LogP contribution in [-0.4, -0.2) is 60.0 Å². The summed E-state index contributed by atoms with van der Waals surface area (Å²) in [5.74, 6) is -0.345. The van der Waals surface area contributed by atoms with Gasteiger partial charge in [-0.05, 0) is 63.8 Å². The number of aryl methyl sites for hydroxylation is 1. The smallest absolute Gasteiger partial charge is 0.271 e. The molecule has 0 radical (unpaired) electrons. The summed E-state index contributed by atoms with van der Waals surface area (Å²) in [6.45, 7) is 3.94. The summed E-state index contributed by atoms with van der Waals surface area (Å²) in [6.07, 6.45) is 6.72. The maximum atomic E-state index is 12.7. The van der Waals surface area contributed by atoms with Crippen molar-refractivity contribution >= 4 is 17.3 Å². The number of hydrogen-bond donors (Lipinski definition) is 2. The number of rotatable bonds is 9. The predicted molar refractivity (Wildman–Crippen MR) is 128 cm³/mol. The number of nitrogens with one attached hydrogen (secondary N) is 2. The molecule has 32 heavy (non-hydrogen) atoms. The number of nitrogens with zero attached hydrogens (tertiary/aromatic N) is 4. The lowest BCUT2D eigenvalue weighted by molar-refractivity contribution is 0.102. The molecule has 0 bridgehead atoms. The van der Waals surface area contributed by atoms with E-state index in [2.05, 4.69) is 44.2 Å². The summed E-state index contributed by atoms with van der Waals surface area (Å²) < 4.78 is 0. The van der Waals surface area contributed by atoms with E-state index in [0.29, 0.717) is 16.8 Å². The first kappa shape index (κ1) is 23.1. The van der Waals surface area contributed by atoms with Crippen LogP contribution in [0.15, 0.2) is 53.7 Å². The van der Waals surface area contributed by atoms with Crippen LogP contribution < -0.4 is 15.8 Å². The number of aromatic amines is 1. The van der Waals surface area contributed by atoms with Gasteiger partial charge in [0.25, 0.3) is 11.5 Å². The zero-order chi connectivity index (χ0) is 23.1. The molecule has 2 heterocycles. The third kappa shape index (κ3) is 6.01. The van der Waals surface area contributed by atoms with Crippen LogP contribution in [0.5, 0.6) is 0 Å². The Bertz CT molecular complexity index is 1110. The van der Waals surface area contributed by atoms with Gasteiger partial charge in [0, 0.05) is 42.8 Å². The van der Waals surface area contributed by atoms with E-state index < -0.39 is 0 Å². The fourth-order valence-electron chi connectivity index (χ4n) is 3.26. The average Bonchev–Trinajstić information content (AvgIpc) is 2.80. The third-order valence-electron chi connectivity index (χ3n) is 5.16. The van der Waals surface area contributed by atoms with E-state index in [-0.39, 0.29) is 17.2 Å². The molecule has 3 aromatic rings. The van der Waals surface area contributed by atoms with Crippen molar-refractivity contribution in [3.63, 3.8) is 0 Å². The van der Waals surface area contributed by atoms with Crippen LogP contribution in [0.25, 0.3) is 11.3 Å². The Morgan fingerprint density at radius 1 is 1.09 bits per heavy atom. The third-order valence-corrected chi connectivity index (χ3v) is 5.16. The van der Waals surface area contributed by atoms with Gasteiger partial charge in [-0.3, -0.25) is 14.6 Å². The fraction of sp³-hybridized carbons (Fsp3) is 0.333. The number of carbonyl (C=O) groups excluding carboxylic acids is 1. The van der Waals surface area contributed by atoms with E-state index in [4.69, 9.17) is 0 Å². The topological polar surface area (TPSA) is 94.2 Å². The monoisotopic (exact) mass is 434 g/mol. The average molecular weight is 435 g/mol. The number of aromatic nitrogens is 3. The highest BCUT2D eigenvalue weighted by Gasteiger charge is 2.12. The molecule has 3 rings (SSSR count). The van der Waals surface area contributed by atoms with Crippen LogP contribution in [-0.2, 0) is 6.42 Å². The molecule has 1 aromatic carbocycles. The first-order valence-electron chi connectivity index (χ1n) is 10.7. The molecule has 0 atom stereocenters. The molecular formula is C24H30N6O2. The first-order chi connectivity index (χ1) is 15.4. The SMILES string of the molecule is CCc1cncc(-c2c[nH]c(=O)c(NC(=O)c3ccc(N(C)CCCN(C)C)cc3)c2)n1. The molecule has 8 nitrogen and oxygen atoms in total. The number of pyridine rings is 1. The summed E-state index contributed by atoms with van der Waals surface area (Å²) in [5.41, 5.74) is 3.48. The van der Waals surface area contributed by atoms with Crippen LogP contribution in [0, 0.1) is 0 Å². The zero-order valence-corrected chi connectivity index (χ0v) is 19.1. The standard InChI is InChI=1S/C24H30N6O2/c1-5-19-15-25-16-22(27-19)18-13-21(24(32)26-14-18)28-23(31)17-7-9-20(10-8-17)30(4)12-6-11-29(2)3/h7-10,13-16H,5-6,11-12H2,1-4H3,(H,26,32)(H,28,31). The molecule has 0 saturated carbocycles. The molecule has 0 spiro atoms. The first-order valence-corrected chi connectivity index (χ1v) is 10.7. The van der Waals surface area contributed by atoms with Gasteiger partial charge in [0.05, 0.1) is 17.6 Å². The van der Waals surface area contributed by atoms with Crippen LogP contribution in [0.1, 0.15) is 29.4 Å². The van der Waals surface area contributed by atoms with E-state index in [0.717, 1.165) is 37.3 Å². The molecule has 2 aromatic heterocycles. The van der Waals surface area contributed by atoms with Crippen LogP contribution in [0.3, 0.4) is 0 Å². The second kappa shape index (κ2) is 10.7. The highest BCUT2D eigenvalue weighted by atomic mass is 16.2. The van der Waals surface area contributed by atoms with Gasteiger partial charge < -0.3 is 20.1 Å². The van der Waals surface area contributed by atoms with Gasteiger partial charge in [-0.15, -0.1) is 0 Å². The van der Waals surface area contributed by atoms with Gasteiger partial charge in [-0.25, -0.2) is 4.98 Å². The zero-order valence-electron chi connectivity index (χ0n) is 19.1. The lowest BCUT2D eigenvalue weighted by atomic mass is 10.1. The van der Waals surface area contributed by atoms with Gasteiger partial charge in [-0.2, -0.15) is 0 Å². The van der Waals surface area contributed by atoms with Crippen molar-refractivity contribution in [3.05, 3.63) is 70.5 Å². The Morgan fingerprint density at radius 2 is 1.84 bits per heavy atom. The van der Waals surface area contributed by atoms with Crippen molar-refractivity contribution in [1.82, 2.24) is 19.9 Å². The summed E-state index contributed by atoms with van der Waals surface area (Å²) >= 11 is 0. The molecule has 2 N–H and O–H groups in total. The van der Waals surface area contributed by atoms with Gasteiger partial charge in [0.2, 0.25) is 0 Å². The molecule has 0 unspecified atom stereocenters. The quantitative estimate of drug-likeness (QED) is 0.538. The lowest BCUT2D eigenvalue weighted by Gasteiger charge is -2.20. The molecule has 0 aliphatic carbocycles. The van der Waals surface area contributed by atoms with Gasteiger partial charge in [-0.1, -0.05) is 6.92 Å². The summed E-state index contributed by atoms with van der Waals surface area (Å²) in [4.78, 5) is 40.7. The lowest BCUT2D eigenvalue weighted by Crippen LogP contribution is -2.23. The number of carbonyl (C=O) groups is 1. The predicted octanol–water partition coefficient (Wildman–Crippen LogP) is 3.03. The van der Waals surface area contributed by atoms with Crippen molar-refractivity contribution in [2.45, 2.75) is 19.8 Å². The molecule has 0 saturated heterocycles. The highest BCUT2D eigenvalue weighted by Crippen LogP contribution is 2.19. The minimum Gasteiger partial charge on any atom is -0.375 e. The van der Waals surface area contributed by atoms with Crippen molar-refractivity contribution in [1.29, 1.82) is 0 Å². The van der Waals surface area contributed by atoms with E-state index in [1.807, 2.05) is 26.1 Å². The van der Waals surface area contributed by atoms with Gasteiger partial charge in [0.15, 0.2) is 0 Å². The van der Waals surface area contributed by atoms with E-state index in [1.165, 1.54) is 0 Å². The maximum Gasteiger partial charge on any atom is 0.271 e. The van der Waals surface area contributed by atoms with Crippen LogP contribution in [0.4, 0.5) is 11.4 Å². The van der Waals surface area contributed by atoms with Gasteiger partial charge >= 0.3 is 0 Å². The molecule has 0 aliphatic heterocycles. The number of anilines is 2. The largest absolute Gasteiger partial charge is 0.375 e. The van der Waals surface area contributed by atoms with E-state index in [9.17, 15) is 9.59 Å². The minimum absolute atomic E-state index is 0.168. The molecular weight excluding hydrogens is 404 g/mol. The Hall–Kier alpha value is -3.52. The highest BCUT2D eigenvalue weighted by molar-refractivity contribution is 6.04. The second-order valence-corrected chi connectivity index (χ2v) is 7.96. The van der Waals surface area contributed by atoms with Gasteiger partial charge in [0.1, 0.15) is 5.69 Å². The summed E-state index contributed by atoms with van der Waals surface area (Å²) in [7, 11) is 6.15. The maximum absolute atomic E-state index is 12.7. The summed E-state index contributed by atoms with van der Waals surface area (Å²) in [6, 6.07) is 8.98. The molecule has 1 amide bonds. The number of benzene rings is 1. The Labute approximate surface area is 188 Å². The minimum atomic E-state index is -0.376. The molecule has 0 aliphatic rings. The number of amides is 1. The molecule has 0 fully saturated rings. The summed E-state index contributed by atoms with van der Waals surface area (Å²) in [5, 5.41) is 2.71. The Balaban J connectivity index is 1.71. The second-order valence-electron chi connectivity index (χ2n) is 7.96. The fourth-order valence-corrected chi connectivity index (χ4v) is 3.26. The van der Waals surface area contributed by atoms with Crippen LogP contribution >= 0.6 is 0 Å². The van der Waals surface area contributed by atoms with E-state index >= 15 is 0 Å². The number of H-pyrrole nitrogens is 1. The van der Waals surface area contributed by atoms with Crippen molar-refractivity contribution in [3.8, 4) is 11.3 Å². The molecule has 168 valence electrons. The van der Waals surface area contributed by atoms with Crippen molar-refractivity contribution < 1.29 is 4.79 Å². The Kier molecular flexibility index (Phi) is 7.72.